The van der Waals surface area contributed by atoms with E-state index in [-0.39, 0.29) is 11.8 Å². The summed E-state index contributed by atoms with van der Waals surface area (Å²) < 4.78 is 5.19. The molecule has 17 heavy (non-hydrogen) atoms. The third kappa shape index (κ3) is 3.19. The first-order valence-electron chi connectivity index (χ1n) is 6.15. The van der Waals surface area contributed by atoms with Gasteiger partial charge >= 0.3 is 0 Å². The van der Waals surface area contributed by atoms with Crippen molar-refractivity contribution < 1.29 is 9.21 Å². The van der Waals surface area contributed by atoms with Gasteiger partial charge in [-0.3, -0.25) is 4.79 Å². The summed E-state index contributed by atoms with van der Waals surface area (Å²) in [5.41, 5.74) is 3.32. The van der Waals surface area contributed by atoms with Crippen molar-refractivity contribution in [3.63, 3.8) is 0 Å². The Bertz CT molecular complexity index is 390. The van der Waals surface area contributed by atoms with Crippen molar-refractivity contribution in [1.82, 2.24) is 5.43 Å². The summed E-state index contributed by atoms with van der Waals surface area (Å²) in [6.07, 6.45) is 7.12. The van der Waals surface area contributed by atoms with Gasteiger partial charge in [0.1, 0.15) is 11.5 Å². The maximum Gasteiger partial charge on any atom is 0.243 e. The molecule has 0 aliphatic heterocycles. The van der Waals surface area contributed by atoms with Crippen molar-refractivity contribution in [2.45, 2.75) is 39.0 Å². The van der Waals surface area contributed by atoms with Crippen molar-refractivity contribution in [3.05, 3.63) is 24.2 Å². The topological polar surface area (TPSA) is 54.6 Å². The monoisotopic (exact) mass is 234 g/mol. The molecule has 0 saturated heterocycles. The molecular weight excluding hydrogens is 216 g/mol. The molecule has 1 aliphatic rings. The van der Waals surface area contributed by atoms with Crippen LogP contribution in [0.4, 0.5) is 0 Å². The molecule has 0 atom stereocenters. The highest BCUT2D eigenvalue weighted by atomic mass is 16.3. The lowest BCUT2D eigenvalue weighted by atomic mass is 9.89. The van der Waals surface area contributed by atoms with Crippen LogP contribution in [-0.4, -0.2) is 11.6 Å². The molecular formula is C13H18N2O2. The van der Waals surface area contributed by atoms with Crippen LogP contribution in [0.5, 0.6) is 0 Å². The Balaban J connectivity index is 1.88. The van der Waals surface area contributed by atoms with Crippen LogP contribution < -0.4 is 5.43 Å². The normalized spacial score (nSPS) is 18.1. The predicted molar refractivity (Wildman–Crippen MR) is 65.6 cm³/mol. The second-order valence-corrected chi connectivity index (χ2v) is 4.49. The van der Waals surface area contributed by atoms with Crippen LogP contribution in [0.3, 0.4) is 0 Å². The number of amides is 1. The van der Waals surface area contributed by atoms with Gasteiger partial charge in [0, 0.05) is 5.92 Å². The van der Waals surface area contributed by atoms with E-state index in [2.05, 4.69) is 10.5 Å². The van der Waals surface area contributed by atoms with Gasteiger partial charge in [0.15, 0.2) is 0 Å². The molecule has 1 saturated carbocycles. The Morgan fingerprint density at radius 3 is 2.82 bits per heavy atom. The van der Waals surface area contributed by atoms with Crippen LogP contribution in [0.15, 0.2) is 27.9 Å². The molecule has 0 bridgehead atoms. The Hall–Kier alpha value is -1.58. The molecule has 0 aromatic carbocycles. The van der Waals surface area contributed by atoms with Gasteiger partial charge in [0.2, 0.25) is 5.91 Å². The smallest absolute Gasteiger partial charge is 0.243 e. The summed E-state index contributed by atoms with van der Waals surface area (Å²) in [5.74, 6) is 0.862. The molecule has 1 amide bonds. The number of carbonyl (C=O) groups is 1. The largest absolute Gasteiger partial charge is 0.463 e. The fourth-order valence-corrected chi connectivity index (χ4v) is 2.13. The van der Waals surface area contributed by atoms with Crippen LogP contribution in [-0.2, 0) is 4.79 Å². The molecule has 1 heterocycles. The SMILES string of the molecule is C/C(=N\NC(=O)C1CCCCC1)c1ccco1. The lowest BCUT2D eigenvalue weighted by Crippen LogP contribution is -2.29. The number of rotatable bonds is 3. The van der Waals surface area contributed by atoms with Gasteiger partial charge in [-0.2, -0.15) is 5.10 Å². The summed E-state index contributed by atoms with van der Waals surface area (Å²) >= 11 is 0. The predicted octanol–water partition coefficient (Wildman–Crippen LogP) is 2.70. The van der Waals surface area contributed by atoms with E-state index in [1.165, 1.54) is 6.42 Å². The minimum absolute atomic E-state index is 0.0376. The molecule has 1 aliphatic carbocycles. The van der Waals surface area contributed by atoms with Gasteiger partial charge < -0.3 is 4.42 Å². The van der Waals surface area contributed by atoms with E-state index in [4.69, 9.17) is 4.42 Å². The highest BCUT2D eigenvalue weighted by Gasteiger charge is 2.20. The molecule has 1 aromatic heterocycles. The minimum atomic E-state index is 0.0376. The first kappa shape index (κ1) is 11.9. The Morgan fingerprint density at radius 2 is 2.18 bits per heavy atom. The third-order valence-electron chi connectivity index (χ3n) is 3.19. The Labute approximate surface area is 101 Å². The van der Waals surface area contributed by atoms with Gasteiger partial charge in [-0.05, 0) is 31.9 Å². The number of nitrogens with zero attached hydrogens (tertiary/aromatic N) is 1. The molecule has 92 valence electrons. The van der Waals surface area contributed by atoms with Crippen LogP contribution in [0, 0.1) is 5.92 Å². The first-order chi connectivity index (χ1) is 8.27. The quantitative estimate of drug-likeness (QED) is 0.645. The number of carbonyl (C=O) groups excluding carboxylic acids is 1. The summed E-state index contributed by atoms with van der Waals surface area (Å²) in [5, 5.41) is 4.07. The van der Waals surface area contributed by atoms with Gasteiger partial charge in [0.05, 0.1) is 6.26 Å². The molecule has 0 unspecified atom stereocenters. The van der Waals surface area contributed by atoms with Crippen molar-refractivity contribution >= 4 is 11.6 Å². The number of furan rings is 1. The second kappa shape index (κ2) is 5.66. The summed E-state index contributed by atoms with van der Waals surface area (Å²) in [7, 11) is 0. The number of hydrogen-bond donors (Lipinski definition) is 1. The van der Waals surface area contributed by atoms with Gasteiger partial charge in [-0.25, -0.2) is 5.43 Å². The zero-order chi connectivity index (χ0) is 12.1. The molecule has 4 heteroatoms. The van der Waals surface area contributed by atoms with E-state index in [9.17, 15) is 4.79 Å². The second-order valence-electron chi connectivity index (χ2n) is 4.49. The molecule has 0 radical (unpaired) electrons. The standard InChI is InChI=1S/C13H18N2O2/c1-10(12-8-5-9-17-12)14-15-13(16)11-6-3-2-4-7-11/h5,8-9,11H,2-4,6-7H2,1H3,(H,15,16)/b14-10+. The molecule has 1 N–H and O–H groups in total. The van der Waals surface area contributed by atoms with Crippen LogP contribution >= 0.6 is 0 Å². The molecule has 4 nitrogen and oxygen atoms in total. The van der Waals surface area contributed by atoms with Gasteiger partial charge in [-0.1, -0.05) is 19.3 Å². The van der Waals surface area contributed by atoms with E-state index >= 15 is 0 Å². The Kier molecular flexibility index (Phi) is 3.96. The van der Waals surface area contributed by atoms with E-state index in [0.29, 0.717) is 11.5 Å². The maximum atomic E-state index is 11.8. The van der Waals surface area contributed by atoms with Crippen LogP contribution in [0.25, 0.3) is 0 Å². The fourth-order valence-electron chi connectivity index (χ4n) is 2.13. The average molecular weight is 234 g/mol. The first-order valence-corrected chi connectivity index (χ1v) is 6.15. The lowest BCUT2D eigenvalue weighted by molar-refractivity contribution is -0.125. The zero-order valence-electron chi connectivity index (χ0n) is 10.1. The van der Waals surface area contributed by atoms with Gasteiger partial charge in [0.25, 0.3) is 0 Å². The maximum absolute atomic E-state index is 11.8. The number of hydrogen-bond acceptors (Lipinski definition) is 3. The van der Waals surface area contributed by atoms with E-state index in [1.54, 1.807) is 12.3 Å². The highest BCUT2D eigenvalue weighted by molar-refractivity contribution is 5.96. The molecule has 2 rings (SSSR count). The highest BCUT2D eigenvalue weighted by Crippen LogP contribution is 2.23. The van der Waals surface area contributed by atoms with Crippen molar-refractivity contribution in [1.29, 1.82) is 0 Å². The minimum Gasteiger partial charge on any atom is -0.463 e. The van der Waals surface area contributed by atoms with Gasteiger partial charge in [-0.15, -0.1) is 0 Å². The van der Waals surface area contributed by atoms with E-state index < -0.39 is 0 Å². The fraction of sp³-hybridized carbons (Fsp3) is 0.538. The van der Waals surface area contributed by atoms with E-state index in [0.717, 1.165) is 25.7 Å². The summed E-state index contributed by atoms with van der Waals surface area (Å²) in [6.45, 7) is 1.82. The third-order valence-corrected chi connectivity index (χ3v) is 3.19. The molecule has 0 spiro atoms. The zero-order valence-corrected chi connectivity index (χ0v) is 10.1. The molecule has 1 fully saturated rings. The van der Waals surface area contributed by atoms with Crippen LogP contribution in [0.1, 0.15) is 44.8 Å². The summed E-state index contributed by atoms with van der Waals surface area (Å²) in [6, 6.07) is 3.63. The van der Waals surface area contributed by atoms with Crippen LogP contribution in [0.2, 0.25) is 0 Å². The average Bonchev–Trinajstić information content (AvgIpc) is 2.90. The van der Waals surface area contributed by atoms with Crippen molar-refractivity contribution in [2.24, 2.45) is 11.0 Å². The van der Waals surface area contributed by atoms with Crippen molar-refractivity contribution in [3.8, 4) is 0 Å². The summed E-state index contributed by atoms with van der Waals surface area (Å²) in [4.78, 5) is 11.8. The molecule has 1 aromatic rings. The Morgan fingerprint density at radius 1 is 1.41 bits per heavy atom. The number of nitrogens with one attached hydrogen (secondary N) is 1. The van der Waals surface area contributed by atoms with E-state index in [1.807, 2.05) is 13.0 Å². The van der Waals surface area contributed by atoms with Crippen molar-refractivity contribution in [2.75, 3.05) is 0 Å². The number of hydrazone groups is 1. The lowest BCUT2D eigenvalue weighted by Gasteiger charge is -2.19.